The largest absolute Gasteiger partial charge is 0.492 e. The average molecular weight is 419 g/mol. The summed E-state index contributed by atoms with van der Waals surface area (Å²) in [5.41, 5.74) is 0.141. The predicted molar refractivity (Wildman–Crippen MR) is 96.3 cm³/mol. The molecule has 3 rings (SSSR count). The molecule has 28 heavy (non-hydrogen) atoms. The molecule has 1 aliphatic heterocycles. The second-order valence-electron chi connectivity index (χ2n) is 6.02. The fraction of sp³-hybridized carbons (Fsp3) is 0.333. The highest BCUT2D eigenvalue weighted by Gasteiger charge is 2.36. The smallest absolute Gasteiger partial charge is 0.420 e. The van der Waals surface area contributed by atoms with Crippen molar-refractivity contribution in [1.82, 2.24) is 5.32 Å². The van der Waals surface area contributed by atoms with Crippen molar-refractivity contribution >= 4 is 10.1 Å². The molecule has 0 aromatic heterocycles. The molecule has 0 saturated carbocycles. The molecule has 2 aromatic rings. The minimum absolute atomic E-state index is 0.0666. The Balaban J connectivity index is 0.000000221. The van der Waals surface area contributed by atoms with E-state index in [0.717, 1.165) is 11.6 Å². The number of rotatable bonds is 4. The second kappa shape index (κ2) is 8.80. The first kappa shape index (κ1) is 22.0. The minimum Gasteiger partial charge on any atom is -0.492 e. The SMILES string of the molecule is COc1c(OC2CNC2)cccc1C(F)(F)F.Cc1ccc(S(=O)(=O)O)cc1. The van der Waals surface area contributed by atoms with Gasteiger partial charge < -0.3 is 14.8 Å². The molecule has 6 nitrogen and oxygen atoms in total. The number of methoxy groups -OCH3 is 1. The van der Waals surface area contributed by atoms with Crippen LogP contribution in [0.2, 0.25) is 0 Å². The molecule has 2 aromatic carbocycles. The Kier molecular flexibility index (Phi) is 6.91. The molecule has 0 atom stereocenters. The molecule has 0 amide bonds. The van der Waals surface area contributed by atoms with Crippen LogP contribution < -0.4 is 14.8 Å². The van der Waals surface area contributed by atoms with Gasteiger partial charge in [-0.3, -0.25) is 4.55 Å². The highest BCUT2D eigenvalue weighted by molar-refractivity contribution is 7.85. The monoisotopic (exact) mass is 419 g/mol. The van der Waals surface area contributed by atoms with Gasteiger partial charge in [-0.15, -0.1) is 0 Å². The molecular formula is C18H20F3NO5S. The van der Waals surface area contributed by atoms with Crippen LogP contribution in [0, 0.1) is 6.92 Å². The summed E-state index contributed by atoms with van der Waals surface area (Å²) in [7, 11) is -2.81. The summed E-state index contributed by atoms with van der Waals surface area (Å²) in [4.78, 5) is -0.0666. The molecule has 1 heterocycles. The van der Waals surface area contributed by atoms with Crippen LogP contribution in [0.15, 0.2) is 47.4 Å². The number of halogens is 3. The van der Waals surface area contributed by atoms with Crippen molar-refractivity contribution in [2.24, 2.45) is 0 Å². The van der Waals surface area contributed by atoms with Crippen molar-refractivity contribution in [2.45, 2.75) is 24.1 Å². The predicted octanol–water partition coefficient (Wildman–Crippen LogP) is 3.31. The summed E-state index contributed by atoms with van der Waals surface area (Å²) in [5, 5.41) is 2.98. The van der Waals surface area contributed by atoms with E-state index in [1.807, 2.05) is 6.92 Å². The molecule has 0 spiro atoms. The zero-order chi connectivity index (χ0) is 20.9. The Morgan fingerprint density at radius 1 is 1.11 bits per heavy atom. The van der Waals surface area contributed by atoms with E-state index in [1.54, 1.807) is 12.1 Å². The van der Waals surface area contributed by atoms with Crippen LogP contribution in [0.3, 0.4) is 0 Å². The minimum atomic E-state index is -4.44. The lowest BCUT2D eigenvalue weighted by atomic mass is 10.1. The molecule has 1 aliphatic rings. The van der Waals surface area contributed by atoms with E-state index in [4.69, 9.17) is 14.0 Å². The highest BCUT2D eigenvalue weighted by Crippen LogP contribution is 2.41. The van der Waals surface area contributed by atoms with Crippen molar-refractivity contribution in [3.63, 3.8) is 0 Å². The van der Waals surface area contributed by atoms with Gasteiger partial charge in [-0.2, -0.15) is 21.6 Å². The van der Waals surface area contributed by atoms with E-state index in [0.29, 0.717) is 13.1 Å². The third-order valence-electron chi connectivity index (χ3n) is 3.84. The Hall–Kier alpha value is -2.30. The van der Waals surface area contributed by atoms with E-state index in [2.05, 4.69) is 5.32 Å². The summed E-state index contributed by atoms with van der Waals surface area (Å²) < 4.78 is 77.9. The zero-order valence-electron chi connectivity index (χ0n) is 15.2. The van der Waals surface area contributed by atoms with Gasteiger partial charge in [0, 0.05) is 13.1 Å². The summed E-state index contributed by atoms with van der Waals surface area (Å²) in [6.07, 6.45) is -4.53. The molecule has 0 unspecified atom stereocenters. The Labute approximate surface area is 161 Å². The summed E-state index contributed by atoms with van der Waals surface area (Å²) in [6.45, 7) is 3.12. The maximum atomic E-state index is 12.7. The summed E-state index contributed by atoms with van der Waals surface area (Å²) >= 11 is 0. The van der Waals surface area contributed by atoms with Crippen LogP contribution in [0.5, 0.6) is 11.5 Å². The van der Waals surface area contributed by atoms with E-state index < -0.39 is 21.9 Å². The molecular weight excluding hydrogens is 399 g/mol. The van der Waals surface area contributed by atoms with Gasteiger partial charge in [0.15, 0.2) is 11.5 Å². The number of para-hydroxylation sites is 1. The first-order valence-corrected chi connectivity index (χ1v) is 9.62. The van der Waals surface area contributed by atoms with Crippen molar-refractivity contribution in [1.29, 1.82) is 0 Å². The molecule has 1 fully saturated rings. The average Bonchev–Trinajstić information content (AvgIpc) is 2.57. The second-order valence-corrected chi connectivity index (χ2v) is 7.44. The van der Waals surface area contributed by atoms with Crippen LogP contribution in [0.1, 0.15) is 11.1 Å². The summed E-state index contributed by atoms with van der Waals surface area (Å²) in [5.74, 6) is -0.124. The van der Waals surface area contributed by atoms with Crippen molar-refractivity contribution in [3.8, 4) is 11.5 Å². The number of alkyl halides is 3. The number of hydrogen-bond acceptors (Lipinski definition) is 5. The van der Waals surface area contributed by atoms with E-state index in [1.165, 1.54) is 31.4 Å². The quantitative estimate of drug-likeness (QED) is 0.740. The molecule has 0 aliphatic carbocycles. The molecule has 154 valence electrons. The van der Waals surface area contributed by atoms with E-state index >= 15 is 0 Å². The summed E-state index contributed by atoms with van der Waals surface area (Å²) in [6, 6.07) is 9.76. The Bertz CT molecular complexity index is 894. The lowest BCUT2D eigenvalue weighted by Crippen LogP contribution is -2.50. The Morgan fingerprint density at radius 2 is 1.71 bits per heavy atom. The van der Waals surface area contributed by atoms with Gasteiger partial charge in [-0.05, 0) is 31.2 Å². The van der Waals surface area contributed by atoms with Crippen molar-refractivity contribution < 1.29 is 35.6 Å². The van der Waals surface area contributed by atoms with Gasteiger partial charge in [0.2, 0.25) is 0 Å². The number of benzene rings is 2. The normalized spacial score (nSPS) is 14.5. The van der Waals surface area contributed by atoms with E-state index in [9.17, 15) is 21.6 Å². The number of aryl methyl sites for hydroxylation is 1. The van der Waals surface area contributed by atoms with Gasteiger partial charge >= 0.3 is 6.18 Å². The van der Waals surface area contributed by atoms with Gasteiger partial charge in [0.25, 0.3) is 10.1 Å². The molecule has 10 heteroatoms. The third-order valence-corrected chi connectivity index (χ3v) is 4.71. The van der Waals surface area contributed by atoms with Crippen LogP contribution in [-0.4, -0.2) is 39.3 Å². The van der Waals surface area contributed by atoms with E-state index in [-0.39, 0.29) is 22.5 Å². The molecule has 0 radical (unpaired) electrons. The van der Waals surface area contributed by atoms with Gasteiger partial charge in [0.05, 0.1) is 12.0 Å². The van der Waals surface area contributed by atoms with Crippen LogP contribution in [-0.2, 0) is 16.3 Å². The van der Waals surface area contributed by atoms with Gasteiger partial charge in [-0.25, -0.2) is 0 Å². The lowest BCUT2D eigenvalue weighted by molar-refractivity contribution is -0.139. The van der Waals surface area contributed by atoms with Crippen molar-refractivity contribution in [2.75, 3.05) is 20.2 Å². The van der Waals surface area contributed by atoms with Gasteiger partial charge in [-0.1, -0.05) is 23.8 Å². The Morgan fingerprint density at radius 3 is 2.14 bits per heavy atom. The lowest BCUT2D eigenvalue weighted by Gasteiger charge is -2.29. The third kappa shape index (κ3) is 5.85. The first-order valence-electron chi connectivity index (χ1n) is 8.18. The van der Waals surface area contributed by atoms with Crippen LogP contribution in [0.4, 0.5) is 13.2 Å². The fourth-order valence-corrected chi connectivity index (χ4v) is 2.76. The zero-order valence-corrected chi connectivity index (χ0v) is 16.0. The molecule has 2 N–H and O–H groups in total. The first-order chi connectivity index (χ1) is 13.0. The number of ether oxygens (including phenoxy) is 2. The van der Waals surface area contributed by atoms with Crippen LogP contribution in [0.25, 0.3) is 0 Å². The standard InChI is InChI=1S/C11H12F3NO2.C7H8O3S/c1-16-10-8(11(12,13)14)3-2-4-9(10)17-7-5-15-6-7;1-6-2-4-7(5-3-6)11(8,9)10/h2-4,7,15H,5-6H2,1H3;2-5H,1H3,(H,8,9,10). The maximum absolute atomic E-state index is 12.7. The molecule has 1 saturated heterocycles. The molecule has 0 bridgehead atoms. The number of nitrogens with one attached hydrogen (secondary N) is 1. The fourth-order valence-electron chi connectivity index (χ4n) is 2.28. The highest BCUT2D eigenvalue weighted by atomic mass is 32.2. The maximum Gasteiger partial charge on any atom is 0.420 e. The number of hydrogen-bond donors (Lipinski definition) is 2. The van der Waals surface area contributed by atoms with Crippen LogP contribution >= 0.6 is 0 Å². The van der Waals surface area contributed by atoms with Crippen molar-refractivity contribution in [3.05, 3.63) is 53.6 Å². The topological polar surface area (TPSA) is 84.9 Å². The van der Waals surface area contributed by atoms with Gasteiger partial charge in [0.1, 0.15) is 11.7 Å².